The fraction of sp³-hybridized carbons (Fsp3) is 0.667. The lowest BCUT2D eigenvalue weighted by Gasteiger charge is -2.38. The fourth-order valence-corrected chi connectivity index (χ4v) is 3.24. The first kappa shape index (κ1) is 16.2. The lowest BCUT2D eigenvalue weighted by atomic mass is 9.85. The summed E-state index contributed by atoms with van der Waals surface area (Å²) >= 11 is 0. The molecule has 3 heteroatoms. The van der Waals surface area contributed by atoms with E-state index in [0.717, 1.165) is 54.7 Å². The van der Waals surface area contributed by atoms with E-state index in [1.807, 2.05) is 13.8 Å². The van der Waals surface area contributed by atoms with Crippen molar-refractivity contribution in [1.82, 2.24) is 4.90 Å². The van der Waals surface area contributed by atoms with Gasteiger partial charge in [0.05, 0.1) is 0 Å². The van der Waals surface area contributed by atoms with Crippen molar-refractivity contribution in [1.29, 1.82) is 0 Å². The Bertz CT molecular complexity index is 537. The van der Waals surface area contributed by atoms with Gasteiger partial charge >= 0.3 is 0 Å². The zero-order valence-electron chi connectivity index (χ0n) is 14.3. The molecule has 0 saturated heterocycles. The van der Waals surface area contributed by atoms with Crippen LogP contribution in [0, 0.1) is 20.8 Å². The van der Waals surface area contributed by atoms with E-state index in [4.69, 9.17) is 4.74 Å². The van der Waals surface area contributed by atoms with Gasteiger partial charge in [0.2, 0.25) is 0 Å². The Kier molecular flexibility index (Phi) is 4.52. The highest BCUT2D eigenvalue weighted by Crippen LogP contribution is 2.44. The van der Waals surface area contributed by atoms with Crippen LogP contribution in [0.3, 0.4) is 0 Å². The van der Waals surface area contributed by atoms with Gasteiger partial charge in [-0.3, -0.25) is 0 Å². The van der Waals surface area contributed by atoms with Gasteiger partial charge < -0.3 is 14.7 Å². The van der Waals surface area contributed by atoms with Crippen LogP contribution in [0.4, 0.5) is 0 Å². The molecule has 0 amide bonds. The third kappa shape index (κ3) is 3.18. The van der Waals surface area contributed by atoms with E-state index in [1.165, 1.54) is 5.56 Å². The minimum atomic E-state index is -0.0797. The van der Waals surface area contributed by atoms with Crippen molar-refractivity contribution < 1.29 is 9.84 Å². The average molecular weight is 291 g/mol. The Morgan fingerprint density at radius 2 is 1.81 bits per heavy atom. The summed E-state index contributed by atoms with van der Waals surface area (Å²) in [5.74, 6) is 1.45. The molecule has 1 unspecified atom stereocenters. The zero-order chi connectivity index (χ0) is 15.8. The molecule has 3 nitrogen and oxygen atoms in total. The van der Waals surface area contributed by atoms with Crippen molar-refractivity contribution in [2.45, 2.75) is 59.0 Å². The van der Waals surface area contributed by atoms with Crippen molar-refractivity contribution in [3.63, 3.8) is 0 Å². The normalized spacial score (nSPS) is 21.3. The number of fused-ring (bicyclic) bond motifs is 1. The summed E-state index contributed by atoms with van der Waals surface area (Å²) in [5.41, 5.74) is 4.14. The third-order valence-corrected chi connectivity index (χ3v) is 4.90. The molecule has 1 aliphatic rings. The molecule has 1 N–H and O–H groups in total. The third-order valence-electron chi connectivity index (χ3n) is 4.90. The molecule has 0 aromatic heterocycles. The van der Waals surface area contributed by atoms with Crippen LogP contribution < -0.4 is 4.74 Å². The summed E-state index contributed by atoms with van der Waals surface area (Å²) in [6.07, 6.45) is 4.24. The van der Waals surface area contributed by atoms with Gasteiger partial charge in [-0.2, -0.15) is 0 Å². The zero-order valence-corrected chi connectivity index (χ0v) is 14.3. The molecule has 0 spiro atoms. The van der Waals surface area contributed by atoms with Crippen LogP contribution in [0.15, 0.2) is 0 Å². The van der Waals surface area contributed by atoms with Crippen LogP contribution in [0.5, 0.6) is 11.5 Å². The summed E-state index contributed by atoms with van der Waals surface area (Å²) in [6.45, 7) is 9.35. The largest absolute Gasteiger partial charge is 0.507 e. The van der Waals surface area contributed by atoms with Crippen molar-refractivity contribution >= 4 is 0 Å². The molecule has 1 heterocycles. The second-order valence-electron chi connectivity index (χ2n) is 6.99. The second kappa shape index (κ2) is 5.88. The van der Waals surface area contributed by atoms with Crippen molar-refractivity contribution in [2.75, 3.05) is 20.6 Å². The Labute approximate surface area is 128 Å². The summed E-state index contributed by atoms with van der Waals surface area (Å²) < 4.78 is 6.42. The van der Waals surface area contributed by atoms with E-state index in [2.05, 4.69) is 32.8 Å². The van der Waals surface area contributed by atoms with Gasteiger partial charge in [0.25, 0.3) is 0 Å². The number of aromatic hydroxyl groups is 1. The molecule has 0 bridgehead atoms. The van der Waals surface area contributed by atoms with E-state index in [1.54, 1.807) is 0 Å². The smallest absolute Gasteiger partial charge is 0.127 e. The number of hydrogen-bond donors (Lipinski definition) is 1. The maximum absolute atomic E-state index is 10.2. The van der Waals surface area contributed by atoms with Crippen LogP contribution in [-0.4, -0.2) is 36.2 Å². The standard InChI is InChI=1S/C18H29NO2/c1-12-13(2)17-15(14(3)16(12)20)8-10-18(4,21-17)9-7-11-19(5)6/h20H,7-11H2,1-6H3. The lowest BCUT2D eigenvalue weighted by Crippen LogP contribution is -2.37. The highest BCUT2D eigenvalue weighted by atomic mass is 16.5. The molecular weight excluding hydrogens is 262 g/mol. The maximum Gasteiger partial charge on any atom is 0.127 e. The monoisotopic (exact) mass is 291 g/mol. The molecular formula is C18H29NO2. The number of rotatable bonds is 4. The van der Waals surface area contributed by atoms with Crippen LogP contribution >= 0.6 is 0 Å². The predicted molar refractivity (Wildman–Crippen MR) is 87.5 cm³/mol. The van der Waals surface area contributed by atoms with Gasteiger partial charge in [0.15, 0.2) is 0 Å². The van der Waals surface area contributed by atoms with Crippen LogP contribution in [-0.2, 0) is 6.42 Å². The first-order valence-corrected chi connectivity index (χ1v) is 7.90. The topological polar surface area (TPSA) is 32.7 Å². The second-order valence-corrected chi connectivity index (χ2v) is 6.99. The van der Waals surface area contributed by atoms with Crippen molar-refractivity contribution in [3.8, 4) is 11.5 Å². The highest BCUT2D eigenvalue weighted by molar-refractivity contribution is 5.58. The van der Waals surface area contributed by atoms with E-state index >= 15 is 0 Å². The number of phenols is 1. The lowest BCUT2D eigenvalue weighted by molar-refractivity contribution is 0.0510. The minimum Gasteiger partial charge on any atom is -0.507 e. The number of benzene rings is 1. The highest BCUT2D eigenvalue weighted by Gasteiger charge is 2.34. The van der Waals surface area contributed by atoms with Gasteiger partial charge in [0, 0.05) is 5.56 Å². The molecule has 118 valence electrons. The van der Waals surface area contributed by atoms with Crippen LogP contribution in [0.2, 0.25) is 0 Å². The minimum absolute atomic E-state index is 0.0797. The predicted octanol–water partition coefficient (Wildman–Crippen LogP) is 3.74. The fourth-order valence-electron chi connectivity index (χ4n) is 3.24. The molecule has 0 saturated carbocycles. The van der Waals surface area contributed by atoms with Crippen molar-refractivity contribution in [2.24, 2.45) is 0 Å². The number of nitrogens with zero attached hydrogens (tertiary/aromatic N) is 1. The van der Waals surface area contributed by atoms with Crippen LogP contribution in [0.25, 0.3) is 0 Å². The molecule has 2 rings (SSSR count). The molecule has 1 atom stereocenters. The first-order valence-electron chi connectivity index (χ1n) is 7.90. The summed E-state index contributed by atoms with van der Waals surface area (Å²) in [4.78, 5) is 2.22. The Morgan fingerprint density at radius 1 is 1.14 bits per heavy atom. The number of ether oxygens (including phenoxy) is 1. The molecule has 1 aromatic rings. The summed E-state index contributed by atoms with van der Waals surface area (Å²) in [5, 5.41) is 10.2. The van der Waals surface area contributed by atoms with Crippen molar-refractivity contribution in [3.05, 3.63) is 22.3 Å². The van der Waals surface area contributed by atoms with Crippen LogP contribution in [0.1, 0.15) is 48.4 Å². The van der Waals surface area contributed by atoms with Gasteiger partial charge in [-0.1, -0.05) is 0 Å². The van der Waals surface area contributed by atoms with Gasteiger partial charge in [-0.25, -0.2) is 0 Å². The number of hydrogen-bond acceptors (Lipinski definition) is 3. The van der Waals surface area contributed by atoms with Gasteiger partial charge in [-0.15, -0.1) is 0 Å². The number of phenolic OH excluding ortho intramolecular Hbond substituents is 1. The first-order chi connectivity index (χ1) is 9.75. The SMILES string of the molecule is Cc1c(C)c2c(c(C)c1O)CCC(C)(CCCN(C)C)O2. The maximum atomic E-state index is 10.2. The Balaban J connectivity index is 2.24. The summed E-state index contributed by atoms with van der Waals surface area (Å²) in [7, 11) is 4.22. The average Bonchev–Trinajstić information content (AvgIpc) is 2.42. The molecule has 0 radical (unpaired) electrons. The molecule has 0 aliphatic carbocycles. The van der Waals surface area contributed by atoms with E-state index in [-0.39, 0.29) is 5.60 Å². The molecule has 1 aromatic carbocycles. The van der Waals surface area contributed by atoms with Gasteiger partial charge in [0.1, 0.15) is 17.1 Å². The van der Waals surface area contributed by atoms with E-state index < -0.39 is 0 Å². The van der Waals surface area contributed by atoms with E-state index in [9.17, 15) is 5.11 Å². The molecule has 1 aliphatic heterocycles. The Hall–Kier alpha value is -1.22. The molecule has 21 heavy (non-hydrogen) atoms. The Morgan fingerprint density at radius 3 is 2.43 bits per heavy atom. The quantitative estimate of drug-likeness (QED) is 0.917. The molecule has 0 fully saturated rings. The van der Waals surface area contributed by atoms with E-state index in [0.29, 0.717) is 5.75 Å². The van der Waals surface area contributed by atoms with Gasteiger partial charge in [-0.05, 0) is 90.7 Å². The summed E-state index contributed by atoms with van der Waals surface area (Å²) in [6, 6.07) is 0.